The summed E-state index contributed by atoms with van der Waals surface area (Å²) in [5.41, 5.74) is 2.27. The van der Waals surface area contributed by atoms with Crippen LogP contribution in [0.4, 0.5) is 5.69 Å². The normalized spacial score (nSPS) is 19.8. The summed E-state index contributed by atoms with van der Waals surface area (Å²) in [6, 6.07) is 8.20. The molecule has 1 aliphatic rings. The van der Waals surface area contributed by atoms with Crippen molar-refractivity contribution in [2.45, 2.75) is 32.8 Å². The van der Waals surface area contributed by atoms with E-state index in [0.29, 0.717) is 0 Å². The monoisotopic (exact) mass is 219 g/mol. The lowest BCUT2D eigenvalue weighted by Crippen LogP contribution is -2.33. The van der Waals surface area contributed by atoms with Crippen LogP contribution in [0.2, 0.25) is 0 Å². The number of anilines is 1. The molecule has 1 saturated heterocycles. The van der Waals surface area contributed by atoms with Crippen LogP contribution in [0, 0.1) is 5.92 Å². The maximum absolute atomic E-state index is 9.76. The Morgan fingerprint density at radius 2 is 1.88 bits per heavy atom. The van der Waals surface area contributed by atoms with Gasteiger partial charge in [-0.05, 0) is 31.7 Å². The molecule has 2 nitrogen and oxygen atoms in total. The van der Waals surface area contributed by atoms with Crippen LogP contribution in [0.15, 0.2) is 24.3 Å². The third kappa shape index (κ3) is 2.38. The Morgan fingerprint density at radius 3 is 2.50 bits per heavy atom. The first kappa shape index (κ1) is 11.5. The fourth-order valence-corrected chi connectivity index (χ4v) is 2.38. The van der Waals surface area contributed by atoms with Crippen molar-refractivity contribution >= 4 is 5.69 Å². The molecule has 1 unspecified atom stereocenters. The number of aliphatic hydroxyl groups excluding tert-OH is 1. The highest BCUT2D eigenvalue weighted by Gasteiger charge is 2.19. The minimum absolute atomic E-state index is 0.379. The molecule has 1 fully saturated rings. The summed E-state index contributed by atoms with van der Waals surface area (Å²) in [6.07, 6.45) is 2.14. The molecule has 2 heteroatoms. The maximum Gasteiger partial charge on any atom is 0.0781 e. The SMILES string of the molecule is CC1CCN(c2ccccc2C(C)O)CC1. The van der Waals surface area contributed by atoms with E-state index in [4.69, 9.17) is 0 Å². The summed E-state index contributed by atoms with van der Waals surface area (Å²) in [7, 11) is 0. The lowest BCUT2D eigenvalue weighted by Gasteiger charge is -2.33. The van der Waals surface area contributed by atoms with Crippen molar-refractivity contribution < 1.29 is 5.11 Å². The molecule has 1 atom stereocenters. The molecule has 0 saturated carbocycles. The van der Waals surface area contributed by atoms with Gasteiger partial charge in [0.05, 0.1) is 6.10 Å². The number of benzene rings is 1. The average Bonchev–Trinajstić information content (AvgIpc) is 2.30. The van der Waals surface area contributed by atoms with Crippen LogP contribution in [0.25, 0.3) is 0 Å². The molecule has 0 amide bonds. The van der Waals surface area contributed by atoms with Crippen molar-refractivity contribution in [3.05, 3.63) is 29.8 Å². The number of hydrogen-bond donors (Lipinski definition) is 1. The zero-order valence-electron chi connectivity index (χ0n) is 10.2. The Balaban J connectivity index is 2.19. The van der Waals surface area contributed by atoms with Crippen molar-refractivity contribution in [3.63, 3.8) is 0 Å². The second kappa shape index (κ2) is 4.88. The standard InChI is InChI=1S/C14H21NO/c1-11-7-9-15(10-8-11)14-6-4-3-5-13(14)12(2)16/h3-6,11-12,16H,7-10H2,1-2H3. The van der Waals surface area contributed by atoms with Gasteiger partial charge in [0, 0.05) is 24.3 Å². The fraction of sp³-hybridized carbons (Fsp3) is 0.571. The molecule has 16 heavy (non-hydrogen) atoms. The van der Waals surface area contributed by atoms with E-state index < -0.39 is 0 Å². The molecular weight excluding hydrogens is 198 g/mol. The van der Waals surface area contributed by atoms with Crippen molar-refractivity contribution in [2.75, 3.05) is 18.0 Å². The van der Waals surface area contributed by atoms with Crippen molar-refractivity contribution in [3.8, 4) is 0 Å². The smallest absolute Gasteiger partial charge is 0.0781 e. The van der Waals surface area contributed by atoms with E-state index >= 15 is 0 Å². The van der Waals surface area contributed by atoms with E-state index in [1.165, 1.54) is 18.5 Å². The molecule has 1 aromatic rings. The van der Waals surface area contributed by atoms with Crippen LogP contribution >= 0.6 is 0 Å². The van der Waals surface area contributed by atoms with Crippen LogP contribution in [0.5, 0.6) is 0 Å². The van der Waals surface area contributed by atoms with Gasteiger partial charge in [0.2, 0.25) is 0 Å². The second-order valence-corrected chi connectivity index (χ2v) is 4.90. The van der Waals surface area contributed by atoms with Gasteiger partial charge in [0.25, 0.3) is 0 Å². The summed E-state index contributed by atoms with van der Waals surface area (Å²) < 4.78 is 0. The second-order valence-electron chi connectivity index (χ2n) is 4.90. The first-order valence-electron chi connectivity index (χ1n) is 6.20. The minimum atomic E-state index is -0.379. The Labute approximate surface area is 97.9 Å². The Bertz CT molecular complexity index is 340. The van der Waals surface area contributed by atoms with E-state index in [1.807, 2.05) is 19.1 Å². The summed E-state index contributed by atoms with van der Waals surface area (Å²) in [5, 5.41) is 9.76. The zero-order valence-corrected chi connectivity index (χ0v) is 10.2. The molecule has 0 radical (unpaired) electrons. The summed E-state index contributed by atoms with van der Waals surface area (Å²) in [5.74, 6) is 0.843. The number of hydrogen-bond acceptors (Lipinski definition) is 2. The topological polar surface area (TPSA) is 23.5 Å². The van der Waals surface area contributed by atoms with Crippen LogP contribution < -0.4 is 4.90 Å². The van der Waals surface area contributed by atoms with Crippen LogP contribution in [0.1, 0.15) is 38.4 Å². The number of piperidine rings is 1. The molecule has 1 aliphatic heterocycles. The minimum Gasteiger partial charge on any atom is -0.389 e. The summed E-state index contributed by atoms with van der Waals surface area (Å²) >= 11 is 0. The lowest BCUT2D eigenvalue weighted by molar-refractivity contribution is 0.199. The molecule has 0 aliphatic carbocycles. The maximum atomic E-state index is 9.76. The first-order chi connectivity index (χ1) is 7.68. The number of rotatable bonds is 2. The largest absolute Gasteiger partial charge is 0.389 e. The molecule has 88 valence electrons. The van der Waals surface area contributed by atoms with E-state index in [1.54, 1.807) is 0 Å². The first-order valence-corrected chi connectivity index (χ1v) is 6.20. The molecule has 0 spiro atoms. The third-order valence-corrected chi connectivity index (χ3v) is 3.51. The molecule has 1 heterocycles. The van der Waals surface area contributed by atoms with Gasteiger partial charge in [-0.25, -0.2) is 0 Å². The van der Waals surface area contributed by atoms with Crippen LogP contribution in [-0.4, -0.2) is 18.2 Å². The van der Waals surface area contributed by atoms with E-state index in [0.717, 1.165) is 24.6 Å². The van der Waals surface area contributed by atoms with E-state index in [9.17, 15) is 5.11 Å². The highest BCUT2D eigenvalue weighted by Crippen LogP contribution is 2.29. The van der Waals surface area contributed by atoms with Gasteiger partial charge in [-0.15, -0.1) is 0 Å². The van der Waals surface area contributed by atoms with Gasteiger partial charge < -0.3 is 10.0 Å². The highest BCUT2D eigenvalue weighted by molar-refractivity contribution is 5.54. The molecule has 0 bridgehead atoms. The number of para-hydroxylation sites is 1. The molecule has 2 rings (SSSR count). The van der Waals surface area contributed by atoms with Crippen LogP contribution in [-0.2, 0) is 0 Å². The lowest BCUT2D eigenvalue weighted by atomic mass is 9.97. The van der Waals surface area contributed by atoms with Crippen LogP contribution in [0.3, 0.4) is 0 Å². The van der Waals surface area contributed by atoms with E-state index in [2.05, 4.69) is 24.0 Å². The fourth-order valence-electron chi connectivity index (χ4n) is 2.38. The van der Waals surface area contributed by atoms with E-state index in [-0.39, 0.29) is 6.10 Å². The quantitative estimate of drug-likeness (QED) is 0.826. The zero-order chi connectivity index (χ0) is 11.5. The number of aliphatic hydroxyl groups is 1. The van der Waals surface area contributed by atoms with Gasteiger partial charge in [-0.2, -0.15) is 0 Å². The Morgan fingerprint density at radius 1 is 1.25 bits per heavy atom. The summed E-state index contributed by atoms with van der Waals surface area (Å²) in [6.45, 7) is 6.39. The van der Waals surface area contributed by atoms with Crippen molar-refractivity contribution in [2.24, 2.45) is 5.92 Å². The molecular formula is C14H21NO. The van der Waals surface area contributed by atoms with Crippen molar-refractivity contribution in [1.29, 1.82) is 0 Å². The van der Waals surface area contributed by atoms with Gasteiger partial charge in [0.15, 0.2) is 0 Å². The molecule has 1 N–H and O–H groups in total. The van der Waals surface area contributed by atoms with Gasteiger partial charge in [0.1, 0.15) is 0 Å². The van der Waals surface area contributed by atoms with Gasteiger partial charge >= 0.3 is 0 Å². The number of nitrogens with zero attached hydrogens (tertiary/aromatic N) is 1. The molecule has 1 aromatic carbocycles. The summed E-state index contributed by atoms with van der Waals surface area (Å²) in [4.78, 5) is 2.40. The van der Waals surface area contributed by atoms with Gasteiger partial charge in [-0.3, -0.25) is 0 Å². The molecule has 0 aromatic heterocycles. The average molecular weight is 219 g/mol. The predicted octanol–water partition coefficient (Wildman–Crippen LogP) is 2.98. The predicted molar refractivity (Wildman–Crippen MR) is 67.7 cm³/mol. The highest BCUT2D eigenvalue weighted by atomic mass is 16.3. The Hall–Kier alpha value is -1.02. The van der Waals surface area contributed by atoms with Gasteiger partial charge in [-0.1, -0.05) is 25.1 Å². The Kier molecular flexibility index (Phi) is 3.49. The third-order valence-electron chi connectivity index (χ3n) is 3.51. The van der Waals surface area contributed by atoms with Crippen molar-refractivity contribution in [1.82, 2.24) is 0 Å².